The van der Waals surface area contributed by atoms with Crippen LogP contribution in [0, 0.1) is 0 Å². The Morgan fingerprint density at radius 1 is 1.58 bits per heavy atom. The standard InChI is InChI=1S/C11H15N3O3S2/c1-8(11-12-3-4-18-11)13-19(16,17)10-5-9(7-15)14(2)6-10/h3-6,8,13,15H,7H2,1-2H3. The molecule has 0 aliphatic carbocycles. The van der Waals surface area contributed by atoms with Gasteiger partial charge in [-0.15, -0.1) is 11.3 Å². The van der Waals surface area contributed by atoms with Crippen molar-refractivity contribution in [3.8, 4) is 0 Å². The summed E-state index contributed by atoms with van der Waals surface area (Å²) in [6, 6.07) is 1.07. The van der Waals surface area contributed by atoms with Gasteiger partial charge in [-0.05, 0) is 13.0 Å². The Morgan fingerprint density at radius 2 is 2.32 bits per heavy atom. The molecule has 2 aromatic heterocycles. The molecule has 2 heterocycles. The molecule has 0 bridgehead atoms. The van der Waals surface area contributed by atoms with Crippen LogP contribution in [-0.2, 0) is 23.7 Å². The summed E-state index contributed by atoms with van der Waals surface area (Å²) < 4.78 is 28.5. The molecule has 0 saturated heterocycles. The first-order valence-electron chi connectivity index (χ1n) is 5.62. The molecular formula is C11H15N3O3S2. The molecular weight excluding hydrogens is 286 g/mol. The monoisotopic (exact) mass is 301 g/mol. The molecule has 1 atom stereocenters. The van der Waals surface area contributed by atoms with E-state index in [2.05, 4.69) is 9.71 Å². The maximum Gasteiger partial charge on any atom is 0.242 e. The lowest BCUT2D eigenvalue weighted by molar-refractivity contribution is 0.272. The molecule has 0 radical (unpaired) electrons. The van der Waals surface area contributed by atoms with Crippen LogP contribution in [0.4, 0.5) is 0 Å². The Morgan fingerprint density at radius 3 is 2.84 bits per heavy atom. The van der Waals surface area contributed by atoms with Crippen LogP contribution in [0.2, 0.25) is 0 Å². The Balaban J connectivity index is 2.22. The van der Waals surface area contributed by atoms with Gasteiger partial charge in [0.15, 0.2) is 0 Å². The highest BCUT2D eigenvalue weighted by Crippen LogP contribution is 2.19. The van der Waals surface area contributed by atoms with Crippen LogP contribution in [0.15, 0.2) is 28.7 Å². The van der Waals surface area contributed by atoms with Crippen molar-refractivity contribution in [2.24, 2.45) is 7.05 Å². The summed E-state index contributed by atoms with van der Waals surface area (Å²) in [5.41, 5.74) is 0.544. The zero-order valence-electron chi connectivity index (χ0n) is 10.6. The minimum atomic E-state index is -3.61. The molecule has 8 heteroatoms. The van der Waals surface area contributed by atoms with Gasteiger partial charge in [-0.3, -0.25) is 0 Å². The van der Waals surface area contributed by atoms with Gasteiger partial charge in [0.1, 0.15) is 5.01 Å². The molecule has 0 aliphatic heterocycles. The number of hydrogen-bond donors (Lipinski definition) is 2. The number of thiazole rings is 1. The largest absolute Gasteiger partial charge is 0.390 e. The second-order valence-corrected chi connectivity index (χ2v) is 6.79. The van der Waals surface area contributed by atoms with Gasteiger partial charge in [0.05, 0.1) is 17.5 Å². The van der Waals surface area contributed by atoms with Crippen molar-refractivity contribution in [2.45, 2.75) is 24.5 Å². The van der Waals surface area contributed by atoms with Crippen molar-refractivity contribution in [3.05, 3.63) is 34.5 Å². The minimum Gasteiger partial charge on any atom is -0.390 e. The fourth-order valence-corrected chi connectivity index (χ4v) is 3.70. The summed E-state index contributed by atoms with van der Waals surface area (Å²) in [6.07, 6.45) is 3.11. The molecule has 0 amide bonds. The summed E-state index contributed by atoms with van der Waals surface area (Å²) in [4.78, 5) is 4.22. The number of nitrogens with one attached hydrogen (secondary N) is 1. The van der Waals surface area contributed by atoms with E-state index in [0.717, 1.165) is 0 Å². The number of hydrogen-bond acceptors (Lipinski definition) is 5. The molecule has 2 N–H and O–H groups in total. The van der Waals surface area contributed by atoms with Gasteiger partial charge in [0, 0.05) is 30.5 Å². The number of sulfonamides is 1. The predicted molar refractivity (Wildman–Crippen MR) is 72.2 cm³/mol. The highest BCUT2D eigenvalue weighted by molar-refractivity contribution is 7.89. The zero-order valence-corrected chi connectivity index (χ0v) is 12.2. The second kappa shape index (κ2) is 5.41. The van der Waals surface area contributed by atoms with Crippen molar-refractivity contribution in [1.29, 1.82) is 0 Å². The lowest BCUT2D eigenvalue weighted by Gasteiger charge is -2.10. The van der Waals surface area contributed by atoms with Crippen LogP contribution >= 0.6 is 11.3 Å². The zero-order chi connectivity index (χ0) is 14.0. The lowest BCUT2D eigenvalue weighted by atomic mass is 10.4. The number of aromatic nitrogens is 2. The van der Waals surface area contributed by atoms with Crippen molar-refractivity contribution >= 4 is 21.4 Å². The summed E-state index contributed by atoms with van der Waals surface area (Å²) >= 11 is 1.40. The van der Waals surface area contributed by atoms with Crippen LogP contribution in [0.5, 0.6) is 0 Å². The van der Waals surface area contributed by atoms with E-state index in [0.29, 0.717) is 10.7 Å². The fourth-order valence-electron chi connectivity index (χ4n) is 1.68. The molecule has 6 nitrogen and oxygen atoms in total. The van der Waals surface area contributed by atoms with E-state index in [9.17, 15) is 8.42 Å². The first-order valence-corrected chi connectivity index (χ1v) is 7.98. The van der Waals surface area contributed by atoms with Gasteiger partial charge in [0.25, 0.3) is 0 Å². The second-order valence-electron chi connectivity index (χ2n) is 4.15. The van der Waals surface area contributed by atoms with Crippen LogP contribution < -0.4 is 4.72 Å². The van der Waals surface area contributed by atoms with Gasteiger partial charge in [-0.2, -0.15) is 0 Å². The summed E-state index contributed by atoms with van der Waals surface area (Å²) in [5.74, 6) is 0. The van der Waals surface area contributed by atoms with Crippen LogP contribution in [-0.4, -0.2) is 23.1 Å². The topological polar surface area (TPSA) is 84.2 Å². The molecule has 2 rings (SSSR count). The van der Waals surface area contributed by atoms with Gasteiger partial charge >= 0.3 is 0 Å². The van der Waals surface area contributed by atoms with E-state index >= 15 is 0 Å². The maximum absolute atomic E-state index is 12.2. The quantitative estimate of drug-likeness (QED) is 0.863. The molecule has 2 aromatic rings. The number of aliphatic hydroxyl groups excluding tert-OH is 1. The van der Waals surface area contributed by atoms with Crippen molar-refractivity contribution in [2.75, 3.05) is 0 Å². The average Bonchev–Trinajstić information content (AvgIpc) is 2.96. The van der Waals surface area contributed by atoms with Crippen molar-refractivity contribution in [3.63, 3.8) is 0 Å². The third-order valence-corrected chi connectivity index (χ3v) is 5.17. The predicted octanol–water partition coefficient (Wildman–Crippen LogP) is 1.01. The molecule has 0 saturated carbocycles. The number of nitrogens with zero attached hydrogens (tertiary/aromatic N) is 2. The maximum atomic E-state index is 12.2. The van der Waals surface area contributed by atoms with E-state index in [1.165, 1.54) is 23.6 Å². The molecule has 0 aromatic carbocycles. The van der Waals surface area contributed by atoms with Gasteiger partial charge in [0.2, 0.25) is 10.0 Å². The fraction of sp³-hybridized carbons (Fsp3) is 0.364. The summed E-state index contributed by atoms with van der Waals surface area (Å²) in [7, 11) is -1.92. The molecule has 0 fully saturated rings. The first kappa shape index (κ1) is 14.2. The highest BCUT2D eigenvalue weighted by Gasteiger charge is 2.21. The van der Waals surface area contributed by atoms with Gasteiger partial charge in [-0.1, -0.05) is 0 Å². The molecule has 104 valence electrons. The minimum absolute atomic E-state index is 0.141. The van der Waals surface area contributed by atoms with Crippen LogP contribution in [0.1, 0.15) is 23.7 Å². The summed E-state index contributed by atoms with van der Waals surface area (Å²) in [6.45, 7) is 1.54. The highest BCUT2D eigenvalue weighted by atomic mass is 32.2. The lowest BCUT2D eigenvalue weighted by Crippen LogP contribution is -2.26. The molecule has 0 aliphatic rings. The normalized spacial score (nSPS) is 13.6. The van der Waals surface area contributed by atoms with Crippen molar-refractivity contribution in [1.82, 2.24) is 14.3 Å². The smallest absolute Gasteiger partial charge is 0.242 e. The van der Waals surface area contributed by atoms with E-state index in [4.69, 9.17) is 5.11 Å². The number of aryl methyl sites for hydroxylation is 1. The molecule has 19 heavy (non-hydrogen) atoms. The first-order chi connectivity index (χ1) is 8.94. The van der Waals surface area contributed by atoms with Crippen LogP contribution in [0.25, 0.3) is 0 Å². The van der Waals surface area contributed by atoms with Gasteiger partial charge in [-0.25, -0.2) is 18.1 Å². The Bertz CT molecular complexity index is 647. The SMILES string of the molecule is CC(NS(=O)(=O)c1cc(CO)n(C)c1)c1nccs1. The van der Waals surface area contributed by atoms with Crippen molar-refractivity contribution < 1.29 is 13.5 Å². The van der Waals surface area contributed by atoms with Crippen LogP contribution in [0.3, 0.4) is 0 Å². The Kier molecular flexibility index (Phi) is 4.04. The van der Waals surface area contributed by atoms with Gasteiger partial charge < -0.3 is 9.67 Å². The molecule has 0 spiro atoms. The molecule has 1 unspecified atom stereocenters. The average molecular weight is 301 g/mol. The Labute approximate surface area is 115 Å². The Hall–Kier alpha value is -1.22. The van der Waals surface area contributed by atoms with E-state index in [1.807, 2.05) is 0 Å². The van der Waals surface area contributed by atoms with E-state index in [1.54, 1.807) is 30.1 Å². The number of rotatable bonds is 5. The van der Waals surface area contributed by atoms with E-state index in [-0.39, 0.29) is 17.5 Å². The number of aliphatic hydroxyl groups is 1. The third kappa shape index (κ3) is 3.03. The van der Waals surface area contributed by atoms with E-state index < -0.39 is 10.0 Å². The summed E-state index contributed by atoms with van der Waals surface area (Å²) in [5, 5.41) is 11.6. The third-order valence-electron chi connectivity index (χ3n) is 2.71.